The number of aryl methyl sites for hydroxylation is 1. The van der Waals surface area contributed by atoms with Gasteiger partial charge in [0.1, 0.15) is 11.4 Å². The number of amides is 1. The molecule has 0 saturated heterocycles. The van der Waals surface area contributed by atoms with Gasteiger partial charge in [0, 0.05) is 24.1 Å². The van der Waals surface area contributed by atoms with E-state index >= 15 is 0 Å². The third-order valence-electron chi connectivity index (χ3n) is 5.16. The molecule has 1 aliphatic heterocycles. The molecule has 1 aromatic heterocycles. The van der Waals surface area contributed by atoms with Crippen LogP contribution < -0.4 is 14.8 Å². The number of ether oxygens (including phenoxy) is 2. The van der Waals surface area contributed by atoms with Crippen LogP contribution in [0.5, 0.6) is 11.5 Å². The molecule has 0 aliphatic carbocycles. The Morgan fingerprint density at radius 2 is 1.84 bits per heavy atom. The summed E-state index contributed by atoms with van der Waals surface area (Å²) in [7, 11) is 0. The topological polar surface area (TPSA) is 109 Å². The highest BCUT2D eigenvalue weighted by Crippen LogP contribution is 2.37. The van der Waals surface area contributed by atoms with Crippen molar-refractivity contribution in [1.29, 1.82) is 0 Å². The Hall–Kier alpha value is -3.59. The predicted molar refractivity (Wildman–Crippen MR) is 119 cm³/mol. The molecule has 0 spiro atoms. The number of benzene rings is 2. The maximum atomic E-state index is 12.7. The quantitative estimate of drug-likeness (QED) is 0.446. The second-order valence-corrected chi connectivity index (χ2v) is 7.82. The maximum absolute atomic E-state index is 12.7. The monoisotopic (exact) mass is 456 g/mol. The van der Waals surface area contributed by atoms with Crippen LogP contribution in [0.15, 0.2) is 36.4 Å². The second-order valence-electron chi connectivity index (χ2n) is 7.41. The molecule has 2 heterocycles. The molecule has 9 nitrogen and oxygen atoms in total. The normalized spacial score (nSPS) is 12.8. The number of nitro groups is 1. The molecule has 0 atom stereocenters. The molecular weight excluding hydrogens is 436 g/mol. The highest BCUT2D eigenvalue weighted by Gasteiger charge is 2.22. The van der Waals surface area contributed by atoms with Crippen molar-refractivity contribution >= 4 is 28.9 Å². The van der Waals surface area contributed by atoms with Gasteiger partial charge in [0.05, 0.1) is 35.4 Å². The minimum Gasteiger partial charge on any atom is -0.490 e. The zero-order valence-electron chi connectivity index (χ0n) is 17.6. The Balaban J connectivity index is 1.48. The van der Waals surface area contributed by atoms with Crippen LogP contribution >= 0.6 is 11.6 Å². The summed E-state index contributed by atoms with van der Waals surface area (Å²) >= 11 is 6.31. The van der Waals surface area contributed by atoms with Crippen LogP contribution in [0.2, 0.25) is 5.02 Å². The van der Waals surface area contributed by atoms with Gasteiger partial charge in [0.25, 0.3) is 5.91 Å². The van der Waals surface area contributed by atoms with E-state index in [9.17, 15) is 14.9 Å². The van der Waals surface area contributed by atoms with Crippen molar-refractivity contribution in [2.75, 3.05) is 18.5 Å². The molecule has 10 heteroatoms. The minimum atomic E-state index is -0.424. The van der Waals surface area contributed by atoms with Gasteiger partial charge in [-0.1, -0.05) is 23.7 Å². The summed E-state index contributed by atoms with van der Waals surface area (Å²) in [6, 6.07) is 10.2. The third kappa shape index (κ3) is 4.38. The smallest absolute Gasteiger partial charge is 0.312 e. The first kappa shape index (κ1) is 21.6. The van der Waals surface area contributed by atoms with Crippen LogP contribution in [-0.4, -0.2) is 33.8 Å². The molecule has 166 valence electrons. The summed E-state index contributed by atoms with van der Waals surface area (Å²) in [5.41, 5.74) is 2.61. The SMILES string of the molecule is Cc1nn(Cc2ccc(C(=O)Nc3cc4c(cc3Cl)OCCCO4)cc2)c(C)c1[N+](=O)[O-]. The molecule has 1 aliphatic rings. The summed E-state index contributed by atoms with van der Waals surface area (Å²) in [4.78, 5) is 23.5. The average molecular weight is 457 g/mol. The summed E-state index contributed by atoms with van der Waals surface area (Å²) < 4.78 is 12.8. The number of hydrogen-bond donors (Lipinski definition) is 1. The summed E-state index contributed by atoms with van der Waals surface area (Å²) in [5.74, 6) is 0.769. The van der Waals surface area contributed by atoms with Crippen molar-refractivity contribution in [1.82, 2.24) is 9.78 Å². The van der Waals surface area contributed by atoms with E-state index in [0.29, 0.717) is 58.9 Å². The second kappa shape index (κ2) is 8.88. The van der Waals surface area contributed by atoms with Crippen LogP contribution in [0.3, 0.4) is 0 Å². The molecule has 1 N–H and O–H groups in total. The number of fused-ring (bicyclic) bond motifs is 1. The molecule has 4 rings (SSSR count). The highest BCUT2D eigenvalue weighted by atomic mass is 35.5. The van der Waals surface area contributed by atoms with Gasteiger partial charge < -0.3 is 14.8 Å². The van der Waals surface area contributed by atoms with Gasteiger partial charge >= 0.3 is 5.69 Å². The van der Waals surface area contributed by atoms with Gasteiger partial charge in [-0.05, 0) is 31.5 Å². The fourth-order valence-electron chi connectivity index (χ4n) is 3.51. The highest BCUT2D eigenvalue weighted by molar-refractivity contribution is 6.34. The molecule has 0 radical (unpaired) electrons. The number of nitrogens with one attached hydrogen (secondary N) is 1. The van der Waals surface area contributed by atoms with E-state index in [2.05, 4.69) is 10.4 Å². The number of halogens is 1. The van der Waals surface area contributed by atoms with Gasteiger partial charge in [0.2, 0.25) is 0 Å². The molecule has 0 unspecified atom stereocenters. The third-order valence-corrected chi connectivity index (χ3v) is 5.47. The van der Waals surface area contributed by atoms with Crippen molar-refractivity contribution in [3.63, 3.8) is 0 Å². The van der Waals surface area contributed by atoms with Crippen LogP contribution in [-0.2, 0) is 6.54 Å². The number of rotatable bonds is 5. The molecule has 2 aromatic carbocycles. The lowest BCUT2D eigenvalue weighted by molar-refractivity contribution is -0.386. The number of anilines is 1. The zero-order valence-corrected chi connectivity index (χ0v) is 18.3. The number of carbonyl (C=O) groups is 1. The predicted octanol–water partition coefficient (Wildman–Crippen LogP) is 4.52. The molecule has 32 heavy (non-hydrogen) atoms. The van der Waals surface area contributed by atoms with Crippen molar-refractivity contribution in [2.24, 2.45) is 0 Å². The van der Waals surface area contributed by atoms with Gasteiger partial charge in [-0.15, -0.1) is 0 Å². The fraction of sp³-hybridized carbons (Fsp3) is 0.273. The molecule has 0 saturated carbocycles. The fourth-order valence-corrected chi connectivity index (χ4v) is 3.72. The number of aromatic nitrogens is 2. The van der Waals surface area contributed by atoms with Crippen molar-refractivity contribution < 1.29 is 19.2 Å². The lowest BCUT2D eigenvalue weighted by Gasteiger charge is -2.13. The Bertz CT molecular complexity index is 1190. The number of carbonyl (C=O) groups excluding carboxylic acids is 1. The Morgan fingerprint density at radius 3 is 2.47 bits per heavy atom. The van der Waals surface area contributed by atoms with E-state index in [1.807, 2.05) is 0 Å². The first-order valence-corrected chi connectivity index (χ1v) is 10.4. The summed E-state index contributed by atoms with van der Waals surface area (Å²) in [5, 5.41) is 18.6. The Labute approximate surface area is 189 Å². The van der Waals surface area contributed by atoms with E-state index in [-0.39, 0.29) is 11.6 Å². The van der Waals surface area contributed by atoms with Gasteiger partial charge in [-0.2, -0.15) is 5.10 Å². The van der Waals surface area contributed by atoms with Gasteiger partial charge in [0.15, 0.2) is 11.5 Å². The van der Waals surface area contributed by atoms with Crippen LogP contribution in [0.4, 0.5) is 11.4 Å². The van der Waals surface area contributed by atoms with Crippen molar-refractivity contribution in [3.05, 3.63) is 74.0 Å². The number of nitrogens with zero attached hydrogens (tertiary/aromatic N) is 3. The van der Waals surface area contributed by atoms with Crippen LogP contribution in [0, 0.1) is 24.0 Å². The van der Waals surface area contributed by atoms with Gasteiger partial charge in [-0.3, -0.25) is 19.6 Å². The summed E-state index contributed by atoms with van der Waals surface area (Å²) in [6.07, 6.45) is 0.769. The average Bonchev–Trinajstić information content (AvgIpc) is 2.90. The lowest BCUT2D eigenvalue weighted by atomic mass is 10.1. The van der Waals surface area contributed by atoms with Crippen molar-refractivity contribution in [2.45, 2.75) is 26.8 Å². The molecule has 0 bridgehead atoms. The Kier molecular flexibility index (Phi) is 6.00. The molecule has 0 fully saturated rings. The lowest BCUT2D eigenvalue weighted by Crippen LogP contribution is -2.13. The first-order valence-electron chi connectivity index (χ1n) is 10.0. The van der Waals surface area contributed by atoms with Crippen LogP contribution in [0.25, 0.3) is 0 Å². The molecular formula is C22H21ClN4O5. The van der Waals surface area contributed by atoms with E-state index in [0.717, 1.165) is 12.0 Å². The molecule has 1 amide bonds. The van der Waals surface area contributed by atoms with E-state index in [1.54, 1.807) is 54.9 Å². The van der Waals surface area contributed by atoms with E-state index in [1.165, 1.54) is 0 Å². The van der Waals surface area contributed by atoms with E-state index < -0.39 is 4.92 Å². The molecule has 3 aromatic rings. The Morgan fingerprint density at radius 1 is 1.19 bits per heavy atom. The standard InChI is InChI=1S/C22H21ClN4O5/c1-13-21(27(29)30)14(2)26(25-13)12-15-4-6-16(7-5-15)22(28)24-18-11-20-19(10-17(18)23)31-8-3-9-32-20/h4-7,10-11H,3,8-9,12H2,1-2H3,(H,24,28). The zero-order chi connectivity index (χ0) is 22.8. The van der Waals surface area contributed by atoms with Crippen molar-refractivity contribution in [3.8, 4) is 11.5 Å². The first-order chi connectivity index (χ1) is 15.3. The van der Waals surface area contributed by atoms with Crippen LogP contribution in [0.1, 0.15) is 33.7 Å². The summed E-state index contributed by atoms with van der Waals surface area (Å²) in [6.45, 7) is 4.71. The number of hydrogen-bond acceptors (Lipinski definition) is 6. The largest absolute Gasteiger partial charge is 0.490 e. The van der Waals surface area contributed by atoms with E-state index in [4.69, 9.17) is 21.1 Å². The maximum Gasteiger partial charge on any atom is 0.312 e. The van der Waals surface area contributed by atoms with Gasteiger partial charge in [-0.25, -0.2) is 0 Å². The minimum absolute atomic E-state index is 0.0213.